The van der Waals surface area contributed by atoms with Gasteiger partial charge in [-0.2, -0.15) is 0 Å². The molecule has 2 rings (SSSR count). The average molecular weight is 511 g/mol. The molecule has 2 aromatic carbocycles. The number of carbonyl (C=O) groups excluding carboxylic acids is 2. The van der Waals surface area contributed by atoms with Gasteiger partial charge in [0.25, 0.3) is 0 Å². The van der Waals surface area contributed by atoms with Crippen LogP contribution in [-0.2, 0) is 19.1 Å². The van der Waals surface area contributed by atoms with Gasteiger partial charge >= 0.3 is 11.9 Å². The second-order valence-corrected chi connectivity index (χ2v) is 8.92. The van der Waals surface area contributed by atoms with E-state index in [1.54, 1.807) is 24.3 Å². The minimum atomic E-state index is -0.475. The number of benzene rings is 2. The molecule has 8 heteroatoms. The zero-order chi connectivity index (χ0) is 25.1. The molecule has 0 unspecified atom stereocenters. The van der Waals surface area contributed by atoms with Crippen LogP contribution in [0.1, 0.15) is 47.9 Å². The van der Waals surface area contributed by atoms with E-state index in [0.29, 0.717) is 47.8 Å². The molecule has 0 aliphatic carbocycles. The first-order chi connectivity index (χ1) is 16.2. The Bertz CT molecular complexity index is 864. The Morgan fingerprint density at radius 2 is 1.12 bits per heavy atom. The van der Waals surface area contributed by atoms with Gasteiger partial charge in [-0.1, -0.05) is 29.6 Å². The first-order valence-electron chi connectivity index (χ1n) is 11.3. The lowest BCUT2D eigenvalue weighted by Gasteiger charge is -2.09. The Kier molecular flexibility index (Phi) is 11.8. The van der Waals surface area contributed by atoms with Crippen LogP contribution >= 0.6 is 23.2 Å². The highest BCUT2D eigenvalue weighted by Gasteiger charge is 2.10. The molecule has 0 fully saturated rings. The van der Waals surface area contributed by atoms with Crippen molar-refractivity contribution in [2.45, 2.75) is 53.4 Å². The van der Waals surface area contributed by atoms with Crippen LogP contribution in [0.25, 0.3) is 0 Å². The minimum Gasteiger partial charge on any atom is -0.427 e. The zero-order valence-electron chi connectivity index (χ0n) is 20.2. The second-order valence-electron chi connectivity index (χ2n) is 8.17. The first kappa shape index (κ1) is 28.1. The molecule has 186 valence electrons. The molecule has 2 aromatic rings. The molecule has 0 aliphatic heterocycles. The van der Waals surface area contributed by atoms with Crippen LogP contribution in [0.5, 0.6) is 11.5 Å². The van der Waals surface area contributed by atoms with E-state index in [0.717, 1.165) is 41.5 Å². The quantitative estimate of drug-likeness (QED) is 0.178. The number of aryl methyl sites for hydroxylation is 4. The van der Waals surface area contributed by atoms with Gasteiger partial charge in [-0.25, -0.2) is 4.79 Å². The molecule has 0 aliphatic rings. The van der Waals surface area contributed by atoms with Crippen molar-refractivity contribution in [1.29, 1.82) is 0 Å². The fourth-order valence-electron chi connectivity index (χ4n) is 3.30. The van der Waals surface area contributed by atoms with Crippen molar-refractivity contribution in [3.05, 3.63) is 56.6 Å². The van der Waals surface area contributed by atoms with E-state index in [-0.39, 0.29) is 12.6 Å². The number of rotatable bonds is 13. The van der Waals surface area contributed by atoms with Gasteiger partial charge in [-0.15, -0.1) is 0 Å². The predicted molar refractivity (Wildman–Crippen MR) is 133 cm³/mol. The van der Waals surface area contributed by atoms with Crippen molar-refractivity contribution >= 4 is 35.1 Å². The number of hydrogen-bond donors (Lipinski definition) is 0. The lowest BCUT2D eigenvalue weighted by Crippen LogP contribution is -2.17. The van der Waals surface area contributed by atoms with Crippen LogP contribution < -0.4 is 9.47 Å². The van der Waals surface area contributed by atoms with Gasteiger partial charge < -0.3 is 18.9 Å². The fraction of sp³-hybridized carbons (Fsp3) is 0.462. The largest absolute Gasteiger partial charge is 0.427 e. The number of esters is 2. The molecule has 0 atom stereocenters. The first-order valence-corrected chi connectivity index (χ1v) is 12.0. The fourth-order valence-corrected chi connectivity index (χ4v) is 3.52. The summed E-state index contributed by atoms with van der Waals surface area (Å²) in [7, 11) is 0. The Balaban J connectivity index is 1.48. The highest BCUT2D eigenvalue weighted by Crippen LogP contribution is 2.27. The maximum absolute atomic E-state index is 12.0. The molecule has 0 N–H and O–H groups in total. The second kappa shape index (κ2) is 14.3. The van der Waals surface area contributed by atoms with Crippen molar-refractivity contribution in [3.8, 4) is 11.5 Å². The molecule has 0 bridgehead atoms. The molecule has 0 saturated carbocycles. The highest BCUT2D eigenvalue weighted by molar-refractivity contribution is 6.32. The summed E-state index contributed by atoms with van der Waals surface area (Å²) in [5.41, 5.74) is 3.47. The third-order valence-corrected chi connectivity index (χ3v) is 6.24. The van der Waals surface area contributed by atoms with E-state index in [1.807, 2.05) is 27.7 Å². The van der Waals surface area contributed by atoms with E-state index in [9.17, 15) is 9.59 Å². The number of unbranched alkanes of at least 4 members (excludes halogenated alkanes) is 2. The van der Waals surface area contributed by atoms with E-state index >= 15 is 0 Å². The summed E-state index contributed by atoms with van der Waals surface area (Å²) in [6.45, 7) is 8.55. The van der Waals surface area contributed by atoms with Gasteiger partial charge in [0.2, 0.25) is 0 Å². The molecule has 0 aromatic heterocycles. The summed E-state index contributed by atoms with van der Waals surface area (Å²) in [6.07, 6.45) is 2.74. The van der Waals surface area contributed by atoms with Crippen LogP contribution in [0.2, 0.25) is 10.0 Å². The summed E-state index contributed by atoms with van der Waals surface area (Å²) < 4.78 is 21.5. The van der Waals surface area contributed by atoms with E-state index in [2.05, 4.69) is 0 Å². The topological polar surface area (TPSA) is 71.1 Å². The van der Waals surface area contributed by atoms with Crippen LogP contribution in [0, 0.1) is 27.7 Å². The summed E-state index contributed by atoms with van der Waals surface area (Å²) >= 11 is 12.2. The number of carbonyl (C=O) groups is 2. The maximum atomic E-state index is 12.0. The molecular weight excluding hydrogens is 479 g/mol. The van der Waals surface area contributed by atoms with Crippen molar-refractivity contribution in [2.75, 3.05) is 26.4 Å². The Morgan fingerprint density at radius 1 is 0.647 bits per heavy atom. The summed E-state index contributed by atoms with van der Waals surface area (Å²) in [5, 5.41) is 1.35. The van der Waals surface area contributed by atoms with Gasteiger partial charge in [-0.05, 0) is 87.1 Å². The van der Waals surface area contributed by atoms with Crippen molar-refractivity contribution in [1.82, 2.24) is 0 Å². The highest BCUT2D eigenvalue weighted by atomic mass is 35.5. The smallest absolute Gasteiger partial charge is 0.337 e. The van der Waals surface area contributed by atoms with Gasteiger partial charge in [0.1, 0.15) is 18.1 Å². The molecule has 0 radical (unpaired) electrons. The van der Waals surface area contributed by atoms with E-state index in [1.165, 1.54) is 0 Å². The molecule has 0 spiro atoms. The van der Waals surface area contributed by atoms with Crippen LogP contribution in [0.4, 0.5) is 0 Å². The molecular formula is C26H32Cl2O6. The Labute approximate surface area is 211 Å². The Morgan fingerprint density at radius 3 is 1.65 bits per heavy atom. The van der Waals surface area contributed by atoms with Crippen LogP contribution in [0.3, 0.4) is 0 Å². The summed E-state index contributed by atoms with van der Waals surface area (Å²) in [6, 6.07) is 6.97. The third kappa shape index (κ3) is 9.63. The SMILES string of the molecule is Cc1cc(OC(=O)CCCCCOCCOCC(=O)Oc2cc(C)c(Cl)c(C)c2)cc(C)c1Cl. The van der Waals surface area contributed by atoms with Crippen molar-refractivity contribution in [3.63, 3.8) is 0 Å². The van der Waals surface area contributed by atoms with Gasteiger partial charge in [0.15, 0.2) is 0 Å². The van der Waals surface area contributed by atoms with Gasteiger partial charge in [-0.3, -0.25) is 4.79 Å². The van der Waals surface area contributed by atoms with Crippen molar-refractivity contribution in [2.24, 2.45) is 0 Å². The summed E-state index contributed by atoms with van der Waals surface area (Å²) in [4.78, 5) is 23.9. The standard InChI is InChI=1S/C26H32Cl2O6/c1-17-12-21(13-18(2)25(17)27)33-23(29)8-6-5-7-9-31-10-11-32-16-24(30)34-22-14-19(3)26(28)20(4)15-22/h12-15H,5-11,16H2,1-4H3. The lowest BCUT2D eigenvalue weighted by molar-refractivity contribution is -0.140. The molecule has 0 amide bonds. The maximum Gasteiger partial charge on any atom is 0.337 e. The monoisotopic (exact) mass is 510 g/mol. The summed E-state index contributed by atoms with van der Waals surface area (Å²) in [5.74, 6) is 0.240. The predicted octanol–water partition coefficient (Wildman–Crippen LogP) is 6.33. The molecule has 34 heavy (non-hydrogen) atoms. The molecule has 0 saturated heterocycles. The number of ether oxygens (including phenoxy) is 4. The average Bonchev–Trinajstić information content (AvgIpc) is 2.77. The van der Waals surface area contributed by atoms with Crippen molar-refractivity contribution < 1.29 is 28.5 Å². The van der Waals surface area contributed by atoms with Crippen LogP contribution in [-0.4, -0.2) is 38.4 Å². The van der Waals surface area contributed by atoms with E-state index in [4.69, 9.17) is 42.1 Å². The van der Waals surface area contributed by atoms with Crippen LogP contribution in [0.15, 0.2) is 24.3 Å². The van der Waals surface area contributed by atoms with Gasteiger partial charge in [0.05, 0.1) is 13.2 Å². The lowest BCUT2D eigenvalue weighted by atomic mass is 10.1. The van der Waals surface area contributed by atoms with Gasteiger partial charge in [0, 0.05) is 23.1 Å². The Hall–Kier alpha value is -2.12. The normalized spacial score (nSPS) is 10.9. The molecule has 6 nitrogen and oxygen atoms in total. The third-order valence-electron chi connectivity index (χ3n) is 5.04. The molecule has 0 heterocycles. The number of hydrogen-bond acceptors (Lipinski definition) is 6. The zero-order valence-corrected chi connectivity index (χ0v) is 21.7. The van der Waals surface area contributed by atoms with E-state index < -0.39 is 5.97 Å². The number of halogens is 2. The minimum absolute atomic E-state index is 0.154.